The fraction of sp³-hybridized carbons (Fsp3) is 0.435. The number of carbonyl (C=O) groups excluding carboxylic acids is 1. The standard InChI is InChI=1S/C23H28N2O3S/c26-23(25-14-13-19-9-4-5-10-21(19)17-25)20-11-6-12-22(15-20)29(27,28)24-16-18-7-2-1-3-8-18/h1-3,6-8,11-12,15,19,21,24H,4-5,9-10,13-14,16-17H2/t19-,21+/m1/s1. The lowest BCUT2D eigenvalue weighted by Crippen LogP contribution is -2.44. The number of hydrogen-bond acceptors (Lipinski definition) is 3. The molecule has 6 heteroatoms. The third-order valence-corrected chi connectivity index (χ3v) is 7.68. The molecular weight excluding hydrogens is 384 g/mol. The molecule has 4 rings (SSSR count). The van der Waals surface area contributed by atoms with Crippen LogP contribution in [-0.2, 0) is 16.6 Å². The first-order valence-electron chi connectivity index (χ1n) is 10.5. The average molecular weight is 413 g/mol. The minimum absolute atomic E-state index is 0.0610. The number of hydrogen-bond donors (Lipinski definition) is 1. The average Bonchev–Trinajstić information content (AvgIpc) is 2.78. The fourth-order valence-electron chi connectivity index (χ4n) is 4.62. The minimum Gasteiger partial charge on any atom is -0.338 e. The first kappa shape index (κ1) is 20.1. The Kier molecular flexibility index (Phi) is 6.01. The van der Waals surface area contributed by atoms with Crippen LogP contribution in [0.1, 0.15) is 48.0 Å². The molecule has 2 aliphatic rings. The Balaban J connectivity index is 1.45. The van der Waals surface area contributed by atoms with Crippen LogP contribution in [0.25, 0.3) is 0 Å². The first-order chi connectivity index (χ1) is 14.0. The molecule has 1 aliphatic carbocycles. The van der Waals surface area contributed by atoms with Crippen molar-refractivity contribution in [2.45, 2.75) is 43.5 Å². The Hall–Kier alpha value is -2.18. The van der Waals surface area contributed by atoms with Gasteiger partial charge >= 0.3 is 0 Å². The van der Waals surface area contributed by atoms with Crippen molar-refractivity contribution in [3.05, 3.63) is 65.7 Å². The number of rotatable bonds is 5. The number of amides is 1. The third-order valence-electron chi connectivity index (χ3n) is 6.28. The lowest BCUT2D eigenvalue weighted by atomic mass is 9.75. The molecule has 1 amide bonds. The van der Waals surface area contributed by atoms with E-state index in [1.807, 2.05) is 35.2 Å². The summed E-state index contributed by atoms with van der Waals surface area (Å²) >= 11 is 0. The highest BCUT2D eigenvalue weighted by atomic mass is 32.2. The Morgan fingerprint density at radius 3 is 2.52 bits per heavy atom. The number of carbonyl (C=O) groups is 1. The SMILES string of the molecule is O=C(c1cccc(S(=O)(=O)NCc2ccccc2)c1)N1CC[C@H]2CCCC[C@H]2C1. The van der Waals surface area contributed by atoms with Crippen molar-refractivity contribution in [3.8, 4) is 0 Å². The Morgan fingerprint density at radius 2 is 1.72 bits per heavy atom. The maximum atomic E-state index is 13.0. The largest absolute Gasteiger partial charge is 0.338 e. The summed E-state index contributed by atoms with van der Waals surface area (Å²) in [5.41, 5.74) is 1.33. The van der Waals surface area contributed by atoms with Crippen LogP contribution < -0.4 is 4.72 Å². The second-order valence-corrected chi connectivity index (χ2v) is 9.95. The molecule has 0 spiro atoms. The first-order valence-corrected chi connectivity index (χ1v) is 11.9. The van der Waals surface area contributed by atoms with Gasteiger partial charge in [0.15, 0.2) is 0 Å². The molecule has 0 unspecified atom stereocenters. The summed E-state index contributed by atoms with van der Waals surface area (Å²) in [6.07, 6.45) is 6.11. The monoisotopic (exact) mass is 412 g/mol. The van der Waals surface area contributed by atoms with E-state index in [2.05, 4.69) is 4.72 Å². The number of benzene rings is 2. The van der Waals surface area contributed by atoms with Gasteiger partial charge in [0.2, 0.25) is 10.0 Å². The molecule has 1 aliphatic heterocycles. The van der Waals surface area contributed by atoms with E-state index in [1.165, 1.54) is 37.8 Å². The van der Waals surface area contributed by atoms with E-state index in [0.29, 0.717) is 11.5 Å². The molecule has 5 nitrogen and oxygen atoms in total. The quantitative estimate of drug-likeness (QED) is 0.812. The van der Waals surface area contributed by atoms with Gasteiger partial charge in [0.1, 0.15) is 0 Å². The van der Waals surface area contributed by atoms with Gasteiger partial charge in [-0.2, -0.15) is 0 Å². The van der Waals surface area contributed by atoms with Gasteiger partial charge in [-0.05, 0) is 48.4 Å². The van der Waals surface area contributed by atoms with Crippen molar-refractivity contribution in [2.24, 2.45) is 11.8 Å². The van der Waals surface area contributed by atoms with Gasteiger partial charge in [-0.1, -0.05) is 55.7 Å². The molecule has 2 aromatic rings. The number of fused-ring (bicyclic) bond motifs is 1. The van der Waals surface area contributed by atoms with Gasteiger partial charge in [0.25, 0.3) is 5.91 Å². The number of sulfonamides is 1. The number of nitrogens with zero attached hydrogens (tertiary/aromatic N) is 1. The molecule has 1 saturated heterocycles. The Labute approximate surface area is 173 Å². The second-order valence-electron chi connectivity index (χ2n) is 8.18. The summed E-state index contributed by atoms with van der Waals surface area (Å²) in [6, 6.07) is 15.8. The van der Waals surface area contributed by atoms with E-state index >= 15 is 0 Å². The maximum Gasteiger partial charge on any atom is 0.253 e. The van der Waals surface area contributed by atoms with Gasteiger partial charge in [-0.15, -0.1) is 0 Å². The predicted molar refractivity (Wildman–Crippen MR) is 113 cm³/mol. The summed E-state index contributed by atoms with van der Waals surface area (Å²) < 4.78 is 28.0. The van der Waals surface area contributed by atoms with Gasteiger partial charge < -0.3 is 4.90 Å². The van der Waals surface area contributed by atoms with Crippen molar-refractivity contribution < 1.29 is 13.2 Å². The molecule has 0 radical (unpaired) electrons. The summed E-state index contributed by atoms with van der Waals surface area (Å²) in [5.74, 6) is 1.29. The molecule has 0 aromatic heterocycles. The van der Waals surface area contributed by atoms with E-state index in [0.717, 1.165) is 31.0 Å². The Morgan fingerprint density at radius 1 is 0.966 bits per heavy atom. The van der Waals surface area contributed by atoms with Gasteiger partial charge in [-0.3, -0.25) is 4.79 Å². The minimum atomic E-state index is -3.68. The van der Waals surface area contributed by atoms with Gasteiger partial charge in [-0.25, -0.2) is 13.1 Å². The molecule has 1 N–H and O–H groups in total. The zero-order chi connectivity index (χ0) is 20.3. The van der Waals surface area contributed by atoms with Crippen LogP contribution in [0.15, 0.2) is 59.5 Å². The number of piperidine rings is 1. The summed E-state index contributed by atoms with van der Waals surface area (Å²) in [5, 5.41) is 0. The van der Waals surface area contributed by atoms with Crippen LogP contribution in [-0.4, -0.2) is 32.3 Å². The predicted octanol–water partition coefficient (Wildman–Crippen LogP) is 3.82. The Bertz CT molecular complexity index is 959. The molecule has 2 aromatic carbocycles. The van der Waals surface area contributed by atoms with E-state index in [1.54, 1.807) is 12.1 Å². The maximum absolute atomic E-state index is 13.0. The fourth-order valence-corrected chi connectivity index (χ4v) is 5.68. The van der Waals surface area contributed by atoms with Crippen molar-refractivity contribution in [2.75, 3.05) is 13.1 Å². The highest BCUT2D eigenvalue weighted by Crippen LogP contribution is 2.36. The zero-order valence-electron chi connectivity index (χ0n) is 16.6. The van der Waals surface area contributed by atoms with E-state index in [-0.39, 0.29) is 17.3 Å². The lowest BCUT2D eigenvalue weighted by Gasteiger charge is -2.41. The lowest BCUT2D eigenvalue weighted by molar-refractivity contribution is 0.0520. The van der Waals surface area contributed by atoms with Crippen molar-refractivity contribution in [1.29, 1.82) is 0 Å². The number of nitrogens with one attached hydrogen (secondary N) is 1. The molecule has 154 valence electrons. The highest BCUT2D eigenvalue weighted by molar-refractivity contribution is 7.89. The van der Waals surface area contributed by atoms with Crippen LogP contribution >= 0.6 is 0 Å². The molecule has 2 atom stereocenters. The zero-order valence-corrected chi connectivity index (χ0v) is 17.4. The van der Waals surface area contributed by atoms with E-state index in [4.69, 9.17) is 0 Å². The van der Waals surface area contributed by atoms with Gasteiger partial charge in [0, 0.05) is 25.2 Å². The van der Waals surface area contributed by atoms with Crippen molar-refractivity contribution in [1.82, 2.24) is 9.62 Å². The molecule has 1 heterocycles. The van der Waals surface area contributed by atoms with Crippen LogP contribution in [0.2, 0.25) is 0 Å². The number of likely N-dealkylation sites (tertiary alicyclic amines) is 1. The molecule has 0 bridgehead atoms. The summed E-state index contributed by atoms with van der Waals surface area (Å²) in [6.45, 7) is 1.78. The summed E-state index contributed by atoms with van der Waals surface area (Å²) in [7, 11) is -3.68. The molecule has 2 fully saturated rings. The third kappa shape index (κ3) is 4.70. The molecular formula is C23H28N2O3S. The smallest absolute Gasteiger partial charge is 0.253 e. The highest BCUT2D eigenvalue weighted by Gasteiger charge is 2.33. The topological polar surface area (TPSA) is 66.5 Å². The van der Waals surface area contributed by atoms with Crippen molar-refractivity contribution in [3.63, 3.8) is 0 Å². The van der Waals surface area contributed by atoms with Crippen LogP contribution in [0, 0.1) is 11.8 Å². The van der Waals surface area contributed by atoms with Crippen molar-refractivity contribution >= 4 is 15.9 Å². The van der Waals surface area contributed by atoms with Crippen LogP contribution in [0.3, 0.4) is 0 Å². The van der Waals surface area contributed by atoms with E-state index in [9.17, 15) is 13.2 Å². The second kappa shape index (κ2) is 8.67. The molecule has 1 saturated carbocycles. The summed E-state index contributed by atoms with van der Waals surface area (Å²) in [4.78, 5) is 15.1. The van der Waals surface area contributed by atoms with Gasteiger partial charge in [0.05, 0.1) is 4.90 Å². The normalized spacial score (nSPS) is 22.1. The van der Waals surface area contributed by atoms with Crippen LogP contribution in [0.5, 0.6) is 0 Å². The molecule has 29 heavy (non-hydrogen) atoms. The van der Waals surface area contributed by atoms with E-state index < -0.39 is 10.0 Å². The van der Waals surface area contributed by atoms with Crippen LogP contribution in [0.4, 0.5) is 0 Å².